The summed E-state index contributed by atoms with van der Waals surface area (Å²) >= 11 is 1.83. The van der Waals surface area contributed by atoms with Crippen LogP contribution < -0.4 is 0 Å². The lowest BCUT2D eigenvalue weighted by Gasteiger charge is -2.44. The molecule has 3 aliphatic rings. The first-order valence-electron chi connectivity index (χ1n) is 11.4. The first-order valence-corrected chi connectivity index (χ1v) is 12.3. The number of hydrogen-bond donors (Lipinski definition) is 0. The molecule has 3 fully saturated rings. The van der Waals surface area contributed by atoms with Gasteiger partial charge in [-0.15, -0.1) is 11.8 Å². The van der Waals surface area contributed by atoms with Crippen molar-refractivity contribution >= 4 is 29.5 Å². The van der Waals surface area contributed by atoms with E-state index in [0.29, 0.717) is 24.8 Å². The number of fused-ring (bicyclic) bond motifs is 3. The summed E-state index contributed by atoms with van der Waals surface area (Å²) in [7, 11) is 1.38. The quantitative estimate of drug-likeness (QED) is 0.379. The van der Waals surface area contributed by atoms with E-state index >= 15 is 0 Å². The smallest absolute Gasteiger partial charge is 0.327 e. The highest BCUT2D eigenvalue weighted by molar-refractivity contribution is 7.99. The number of ether oxygens (including phenoxy) is 1. The number of likely N-dealkylation sites (tertiary alicyclic amines) is 1. The number of esters is 1. The molecule has 0 saturated carbocycles. The zero-order valence-electron chi connectivity index (χ0n) is 18.8. The number of rotatable bonds is 6. The van der Waals surface area contributed by atoms with Crippen LogP contribution in [0.25, 0.3) is 0 Å². The van der Waals surface area contributed by atoms with Gasteiger partial charge in [0, 0.05) is 22.7 Å². The minimum absolute atomic E-state index is 0.154. The molecule has 31 heavy (non-hydrogen) atoms. The second kappa shape index (κ2) is 8.58. The van der Waals surface area contributed by atoms with Crippen LogP contribution in [-0.4, -0.2) is 58.6 Å². The molecule has 3 aliphatic heterocycles. The van der Waals surface area contributed by atoms with E-state index in [9.17, 15) is 14.4 Å². The number of hydrogen-bond acceptors (Lipinski definition) is 6. The van der Waals surface area contributed by atoms with Crippen LogP contribution in [0.2, 0.25) is 0 Å². The molecule has 3 saturated heterocycles. The molecular formula is C24H32N2O4S. The number of imide groups is 1. The molecule has 3 heterocycles. The fourth-order valence-corrected chi connectivity index (χ4v) is 6.71. The Morgan fingerprint density at radius 3 is 2.52 bits per heavy atom. The largest absolute Gasteiger partial charge is 0.468 e. The number of amides is 2. The summed E-state index contributed by atoms with van der Waals surface area (Å²) < 4.78 is 5.25. The molecule has 0 radical (unpaired) electrons. The highest BCUT2D eigenvalue weighted by Gasteiger charge is 2.72. The monoisotopic (exact) mass is 444 g/mol. The zero-order chi connectivity index (χ0) is 22.3. The Kier molecular flexibility index (Phi) is 6.19. The topological polar surface area (TPSA) is 66.9 Å². The summed E-state index contributed by atoms with van der Waals surface area (Å²) in [6, 6.07) is 8.05. The number of thioether (sulfide) groups is 1. The van der Waals surface area contributed by atoms with Crippen molar-refractivity contribution in [3.63, 3.8) is 0 Å². The van der Waals surface area contributed by atoms with E-state index in [1.54, 1.807) is 0 Å². The summed E-state index contributed by atoms with van der Waals surface area (Å²) in [4.78, 5) is 44.6. The van der Waals surface area contributed by atoms with Crippen LogP contribution in [-0.2, 0) is 19.1 Å². The first kappa shape index (κ1) is 22.3. The van der Waals surface area contributed by atoms with Crippen molar-refractivity contribution in [2.45, 2.75) is 68.2 Å². The molecule has 1 unspecified atom stereocenters. The number of methoxy groups -OCH3 is 1. The molecular weight excluding hydrogens is 412 g/mol. The Labute approximate surface area is 188 Å². The van der Waals surface area contributed by atoms with E-state index in [-0.39, 0.29) is 23.8 Å². The normalized spacial score (nSPS) is 31.5. The van der Waals surface area contributed by atoms with Crippen LogP contribution in [0.4, 0.5) is 0 Å². The second-order valence-corrected chi connectivity index (χ2v) is 10.4. The molecule has 7 heteroatoms. The number of carbonyl (C=O) groups excluding carboxylic acids is 3. The zero-order valence-corrected chi connectivity index (χ0v) is 19.6. The summed E-state index contributed by atoms with van der Waals surface area (Å²) in [5, 5.41) is 0.530. The van der Waals surface area contributed by atoms with Crippen molar-refractivity contribution in [3.8, 4) is 0 Å². The van der Waals surface area contributed by atoms with Gasteiger partial charge in [0.05, 0.1) is 18.9 Å². The molecule has 2 amide bonds. The van der Waals surface area contributed by atoms with Crippen LogP contribution in [0.1, 0.15) is 58.1 Å². The lowest BCUT2D eigenvalue weighted by Crippen LogP contribution is -2.59. The number of piperidine rings is 1. The van der Waals surface area contributed by atoms with Crippen LogP contribution in [0, 0.1) is 11.8 Å². The molecule has 4 rings (SSSR count). The summed E-state index contributed by atoms with van der Waals surface area (Å²) in [5.74, 6) is -1.98. The van der Waals surface area contributed by atoms with Crippen molar-refractivity contribution in [2.24, 2.45) is 11.8 Å². The maximum absolute atomic E-state index is 13.4. The minimum atomic E-state index is -1.05. The van der Waals surface area contributed by atoms with Gasteiger partial charge in [0.15, 0.2) is 0 Å². The molecule has 1 aromatic carbocycles. The minimum Gasteiger partial charge on any atom is -0.468 e. The maximum Gasteiger partial charge on any atom is 0.327 e. The number of carbonyl (C=O) groups is 3. The second-order valence-electron chi connectivity index (χ2n) is 8.84. The van der Waals surface area contributed by atoms with Gasteiger partial charge in [0.25, 0.3) is 0 Å². The van der Waals surface area contributed by atoms with Gasteiger partial charge in [0.2, 0.25) is 11.8 Å². The molecule has 1 aromatic rings. The summed E-state index contributed by atoms with van der Waals surface area (Å²) in [6.07, 6.45) is 3.43. The Morgan fingerprint density at radius 1 is 1.19 bits per heavy atom. The van der Waals surface area contributed by atoms with Crippen molar-refractivity contribution in [1.82, 2.24) is 9.80 Å². The third kappa shape index (κ3) is 3.32. The molecule has 0 N–H and O–H groups in total. The van der Waals surface area contributed by atoms with E-state index in [4.69, 9.17) is 4.74 Å². The fraction of sp³-hybridized carbons (Fsp3) is 0.625. The molecule has 0 aromatic heterocycles. The predicted molar refractivity (Wildman–Crippen MR) is 119 cm³/mol. The lowest BCUT2D eigenvalue weighted by atomic mass is 9.75. The Balaban J connectivity index is 1.79. The highest BCUT2D eigenvalue weighted by atomic mass is 32.2. The van der Waals surface area contributed by atoms with Crippen LogP contribution >= 0.6 is 11.8 Å². The molecule has 6 nitrogen and oxygen atoms in total. The summed E-state index contributed by atoms with van der Waals surface area (Å²) in [6.45, 7) is 7.22. The Hall–Kier alpha value is -1.86. The van der Waals surface area contributed by atoms with E-state index in [1.165, 1.54) is 16.9 Å². The van der Waals surface area contributed by atoms with Crippen molar-refractivity contribution in [2.75, 3.05) is 20.2 Å². The van der Waals surface area contributed by atoms with Gasteiger partial charge in [-0.25, -0.2) is 0 Å². The van der Waals surface area contributed by atoms with E-state index in [2.05, 4.69) is 43.0 Å². The maximum atomic E-state index is 13.4. The number of nitrogens with zero attached hydrogens (tertiary/aromatic N) is 2. The third-order valence-corrected chi connectivity index (χ3v) is 8.62. The van der Waals surface area contributed by atoms with E-state index in [0.717, 1.165) is 24.8 Å². The Bertz CT molecular complexity index is 873. The lowest BCUT2D eigenvalue weighted by molar-refractivity contribution is -0.164. The van der Waals surface area contributed by atoms with Gasteiger partial charge in [-0.05, 0) is 56.8 Å². The van der Waals surface area contributed by atoms with Crippen molar-refractivity contribution in [3.05, 3.63) is 29.8 Å². The average molecular weight is 445 g/mol. The van der Waals surface area contributed by atoms with Crippen LogP contribution in [0.3, 0.4) is 0 Å². The van der Waals surface area contributed by atoms with E-state index < -0.39 is 17.4 Å². The average Bonchev–Trinajstić information content (AvgIpc) is 3.24. The van der Waals surface area contributed by atoms with Crippen LogP contribution in [0.5, 0.6) is 0 Å². The predicted octanol–water partition coefficient (Wildman–Crippen LogP) is 3.65. The fourth-order valence-electron chi connectivity index (χ4n) is 5.79. The van der Waals surface area contributed by atoms with E-state index in [1.807, 2.05) is 18.7 Å². The van der Waals surface area contributed by atoms with Gasteiger partial charge >= 0.3 is 5.97 Å². The SMILES string of the molecule is CCC(C)Sc1ccc([C@@H]2[C@@H]3C(=O)N(CC)C(=O)[C@@H]3[C@]3(C(=O)OC)CCCCN23)cc1. The molecule has 168 valence electrons. The molecule has 5 atom stereocenters. The first-order chi connectivity index (χ1) is 14.9. The third-order valence-electron chi connectivity index (χ3n) is 7.34. The van der Waals surface area contributed by atoms with Crippen molar-refractivity contribution < 1.29 is 19.1 Å². The van der Waals surface area contributed by atoms with Crippen molar-refractivity contribution in [1.29, 1.82) is 0 Å². The van der Waals surface area contributed by atoms with Gasteiger partial charge in [0.1, 0.15) is 5.54 Å². The standard InChI is InChI=1S/C24H32N2O4S/c1-5-15(3)31-17-11-9-16(10-12-17)20-18-19(22(28)25(6-2)21(18)27)24(23(29)30-4)13-7-8-14-26(20)24/h9-12,15,18-20H,5-8,13-14H2,1-4H3/t15?,18-,19-,20-,24+/m1/s1. The number of benzene rings is 1. The molecule has 0 aliphatic carbocycles. The summed E-state index contributed by atoms with van der Waals surface area (Å²) in [5.41, 5.74) is -0.0568. The van der Waals surface area contributed by atoms with Gasteiger partial charge in [-0.3, -0.25) is 24.2 Å². The van der Waals surface area contributed by atoms with Crippen LogP contribution in [0.15, 0.2) is 29.2 Å². The molecule has 0 bridgehead atoms. The van der Waals surface area contributed by atoms with Gasteiger partial charge < -0.3 is 4.74 Å². The Morgan fingerprint density at radius 2 is 1.90 bits per heavy atom. The molecule has 0 spiro atoms. The van der Waals surface area contributed by atoms with Gasteiger partial charge in [-0.1, -0.05) is 26.0 Å². The van der Waals surface area contributed by atoms with Gasteiger partial charge in [-0.2, -0.15) is 0 Å². The highest BCUT2D eigenvalue weighted by Crippen LogP contribution is 2.58.